The molecule has 4 heteroatoms. The first-order chi connectivity index (χ1) is 11.6. The molecule has 0 saturated carbocycles. The van der Waals surface area contributed by atoms with Gasteiger partial charge in [0.15, 0.2) is 11.6 Å². The Morgan fingerprint density at radius 3 is 1.88 bits per heavy atom. The molecule has 0 bridgehead atoms. The Morgan fingerprint density at radius 2 is 1.21 bits per heavy atom. The molecular formula is C20H12Br2O2. The Hall–Kier alpha value is -2.04. The van der Waals surface area contributed by atoms with E-state index in [0.717, 1.165) is 4.47 Å². The van der Waals surface area contributed by atoms with Crippen molar-refractivity contribution in [2.75, 3.05) is 0 Å². The van der Waals surface area contributed by atoms with Crippen molar-refractivity contribution >= 4 is 43.4 Å². The summed E-state index contributed by atoms with van der Waals surface area (Å²) in [5, 5.41) is 0. The van der Waals surface area contributed by atoms with E-state index in [1.54, 1.807) is 42.5 Å². The largest absolute Gasteiger partial charge is 0.289 e. The number of carbonyl (C=O) groups excluding carboxylic acids is 2. The van der Waals surface area contributed by atoms with Gasteiger partial charge in [0.2, 0.25) is 0 Å². The molecule has 0 radical (unpaired) electrons. The monoisotopic (exact) mass is 442 g/mol. The minimum atomic E-state index is -0.118. The molecule has 0 unspecified atom stereocenters. The molecule has 0 saturated heterocycles. The quantitative estimate of drug-likeness (QED) is 0.486. The molecule has 0 aliphatic carbocycles. The summed E-state index contributed by atoms with van der Waals surface area (Å²) in [5.74, 6) is -0.231. The van der Waals surface area contributed by atoms with Crippen molar-refractivity contribution in [3.8, 4) is 0 Å². The summed E-state index contributed by atoms with van der Waals surface area (Å²) >= 11 is 6.76. The normalized spacial score (nSPS) is 10.4. The van der Waals surface area contributed by atoms with Gasteiger partial charge in [-0.05, 0) is 42.5 Å². The van der Waals surface area contributed by atoms with Crippen LogP contribution in [0.4, 0.5) is 0 Å². The molecule has 3 rings (SSSR count). The average Bonchev–Trinajstić information content (AvgIpc) is 2.62. The van der Waals surface area contributed by atoms with Crippen molar-refractivity contribution in [3.05, 3.63) is 104 Å². The van der Waals surface area contributed by atoms with Crippen LogP contribution in [-0.4, -0.2) is 11.6 Å². The average molecular weight is 444 g/mol. The van der Waals surface area contributed by atoms with Crippen LogP contribution in [0, 0.1) is 0 Å². The van der Waals surface area contributed by atoms with Gasteiger partial charge in [0.1, 0.15) is 0 Å². The second kappa shape index (κ2) is 7.24. The zero-order valence-electron chi connectivity index (χ0n) is 12.5. The van der Waals surface area contributed by atoms with Crippen LogP contribution < -0.4 is 0 Å². The molecule has 0 aromatic heterocycles. The third-order valence-electron chi connectivity index (χ3n) is 3.62. The standard InChI is InChI=1S/C20H12Br2O2/c21-16-9-6-14(7-10-16)19(23)15-8-11-18(22)17(12-15)20(24)13-4-2-1-3-5-13/h1-12H. The second-order valence-electron chi connectivity index (χ2n) is 5.23. The van der Waals surface area contributed by atoms with Crippen molar-refractivity contribution in [2.24, 2.45) is 0 Å². The van der Waals surface area contributed by atoms with Crippen LogP contribution >= 0.6 is 31.9 Å². The molecule has 0 aliphatic rings. The van der Waals surface area contributed by atoms with E-state index in [1.807, 2.05) is 30.3 Å². The Bertz CT molecular complexity index is 901. The smallest absolute Gasteiger partial charge is 0.194 e. The van der Waals surface area contributed by atoms with Gasteiger partial charge in [-0.1, -0.05) is 62.2 Å². The van der Waals surface area contributed by atoms with Gasteiger partial charge < -0.3 is 0 Å². The highest BCUT2D eigenvalue weighted by Crippen LogP contribution is 2.23. The third-order valence-corrected chi connectivity index (χ3v) is 4.84. The molecule has 0 aliphatic heterocycles. The van der Waals surface area contributed by atoms with Crippen molar-refractivity contribution < 1.29 is 9.59 Å². The maximum atomic E-state index is 12.7. The predicted octanol–water partition coefficient (Wildman–Crippen LogP) is 5.67. The van der Waals surface area contributed by atoms with Crippen molar-refractivity contribution in [3.63, 3.8) is 0 Å². The maximum absolute atomic E-state index is 12.7. The highest BCUT2D eigenvalue weighted by molar-refractivity contribution is 9.10. The lowest BCUT2D eigenvalue weighted by atomic mass is 9.97. The molecule has 3 aromatic rings. The van der Waals surface area contributed by atoms with E-state index >= 15 is 0 Å². The Labute approximate surface area is 156 Å². The van der Waals surface area contributed by atoms with E-state index in [1.165, 1.54) is 0 Å². The predicted molar refractivity (Wildman–Crippen MR) is 102 cm³/mol. The maximum Gasteiger partial charge on any atom is 0.194 e. The van der Waals surface area contributed by atoms with E-state index in [-0.39, 0.29) is 11.6 Å². The van der Waals surface area contributed by atoms with E-state index in [9.17, 15) is 9.59 Å². The number of carbonyl (C=O) groups is 2. The summed E-state index contributed by atoms with van der Waals surface area (Å²) < 4.78 is 1.58. The number of benzene rings is 3. The van der Waals surface area contributed by atoms with Gasteiger partial charge in [-0.15, -0.1) is 0 Å². The van der Waals surface area contributed by atoms with Gasteiger partial charge in [0.05, 0.1) is 0 Å². The number of halogens is 2. The zero-order chi connectivity index (χ0) is 17.1. The van der Waals surface area contributed by atoms with Gasteiger partial charge in [0.25, 0.3) is 0 Å². The van der Waals surface area contributed by atoms with E-state index in [0.29, 0.717) is 26.7 Å². The first kappa shape index (κ1) is 16.8. The summed E-state index contributed by atoms with van der Waals surface area (Å²) in [7, 11) is 0. The Morgan fingerprint density at radius 1 is 0.625 bits per heavy atom. The second-order valence-corrected chi connectivity index (χ2v) is 7.00. The first-order valence-corrected chi connectivity index (χ1v) is 8.84. The van der Waals surface area contributed by atoms with Crippen molar-refractivity contribution in [1.82, 2.24) is 0 Å². The highest BCUT2D eigenvalue weighted by Gasteiger charge is 2.16. The summed E-state index contributed by atoms with van der Waals surface area (Å²) in [6.45, 7) is 0. The fourth-order valence-electron chi connectivity index (χ4n) is 2.35. The molecule has 0 amide bonds. The minimum Gasteiger partial charge on any atom is -0.289 e. The summed E-state index contributed by atoms with van der Waals surface area (Å²) in [6, 6.07) is 21.3. The van der Waals surface area contributed by atoms with Crippen LogP contribution in [0.1, 0.15) is 31.8 Å². The lowest BCUT2D eigenvalue weighted by molar-refractivity contribution is 0.103. The van der Waals surface area contributed by atoms with Gasteiger partial charge >= 0.3 is 0 Å². The van der Waals surface area contributed by atoms with E-state index in [4.69, 9.17) is 0 Å². The lowest BCUT2D eigenvalue weighted by Crippen LogP contribution is -2.06. The van der Waals surface area contributed by atoms with Crippen LogP contribution in [0.5, 0.6) is 0 Å². The topological polar surface area (TPSA) is 34.1 Å². The fraction of sp³-hybridized carbons (Fsp3) is 0. The first-order valence-electron chi connectivity index (χ1n) is 7.26. The third kappa shape index (κ3) is 3.55. The molecule has 2 nitrogen and oxygen atoms in total. The van der Waals surface area contributed by atoms with Gasteiger partial charge in [-0.25, -0.2) is 0 Å². The molecule has 24 heavy (non-hydrogen) atoms. The number of rotatable bonds is 4. The SMILES string of the molecule is O=C(c1ccc(Br)cc1)c1ccc(Br)c(C(=O)c2ccccc2)c1. The Balaban J connectivity index is 1.98. The lowest BCUT2D eigenvalue weighted by Gasteiger charge is -2.07. The summed E-state index contributed by atoms with van der Waals surface area (Å²) in [5.41, 5.74) is 2.13. The summed E-state index contributed by atoms with van der Waals surface area (Å²) in [4.78, 5) is 25.3. The fourth-order valence-corrected chi connectivity index (χ4v) is 3.04. The number of hydrogen-bond donors (Lipinski definition) is 0. The molecular weight excluding hydrogens is 432 g/mol. The molecule has 0 spiro atoms. The van der Waals surface area contributed by atoms with Crippen molar-refractivity contribution in [2.45, 2.75) is 0 Å². The van der Waals surface area contributed by atoms with Gasteiger partial charge in [-0.2, -0.15) is 0 Å². The zero-order valence-corrected chi connectivity index (χ0v) is 15.7. The molecule has 0 fully saturated rings. The number of ketones is 2. The van der Waals surface area contributed by atoms with Crippen LogP contribution in [0.3, 0.4) is 0 Å². The molecule has 0 heterocycles. The van der Waals surface area contributed by atoms with Crippen LogP contribution in [0.2, 0.25) is 0 Å². The molecule has 0 atom stereocenters. The highest BCUT2D eigenvalue weighted by atomic mass is 79.9. The van der Waals surface area contributed by atoms with Crippen molar-refractivity contribution in [1.29, 1.82) is 0 Å². The van der Waals surface area contributed by atoms with E-state index < -0.39 is 0 Å². The van der Waals surface area contributed by atoms with Gasteiger partial charge in [0, 0.05) is 31.2 Å². The molecule has 3 aromatic carbocycles. The van der Waals surface area contributed by atoms with E-state index in [2.05, 4.69) is 31.9 Å². The molecule has 118 valence electrons. The van der Waals surface area contributed by atoms with Crippen LogP contribution in [-0.2, 0) is 0 Å². The summed E-state index contributed by atoms with van der Waals surface area (Å²) in [6.07, 6.45) is 0. The number of hydrogen-bond acceptors (Lipinski definition) is 2. The molecule has 0 N–H and O–H groups in total. The Kier molecular flexibility index (Phi) is 5.07. The minimum absolute atomic E-state index is 0.114. The van der Waals surface area contributed by atoms with Gasteiger partial charge in [-0.3, -0.25) is 9.59 Å². The van der Waals surface area contributed by atoms with Crippen LogP contribution in [0.15, 0.2) is 81.7 Å². The van der Waals surface area contributed by atoms with Crippen LogP contribution in [0.25, 0.3) is 0 Å².